The summed E-state index contributed by atoms with van der Waals surface area (Å²) in [6.07, 6.45) is 4.83. The molecule has 0 aliphatic heterocycles. The third kappa shape index (κ3) is 12.5. The number of nitrogens with zero attached hydrogens (tertiary/aromatic N) is 4. The van der Waals surface area contributed by atoms with Crippen LogP contribution in [0, 0.1) is 20.2 Å². The molecule has 116 valence electrons. The van der Waals surface area contributed by atoms with Gasteiger partial charge in [-0.3, -0.25) is 0 Å². The van der Waals surface area contributed by atoms with Gasteiger partial charge in [-0.1, -0.05) is 0 Å². The number of nitrogens with one attached hydrogen (secondary N) is 2. The number of imidazole rings is 2. The summed E-state index contributed by atoms with van der Waals surface area (Å²) in [6, 6.07) is 0. The van der Waals surface area contributed by atoms with Crippen LogP contribution in [0.1, 0.15) is 0 Å². The van der Waals surface area contributed by atoms with Gasteiger partial charge in [0.2, 0.25) is 0 Å². The van der Waals surface area contributed by atoms with Crippen LogP contribution in [0.15, 0.2) is 25.0 Å². The number of halogens is 4. The van der Waals surface area contributed by atoms with Crippen molar-refractivity contribution >= 4 is 48.9 Å². The first-order valence-electron chi connectivity index (χ1n) is 4.62. The van der Waals surface area contributed by atoms with Crippen molar-refractivity contribution in [1.82, 2.24) is 19.9 Å². The van der Waals surface area contributed by atoms with E-state index >= 15 is 0 Å². The van der Waals surface area contributed by atoms with Gasteiger partial charge in [0.15, 0.2) is 12.7 Å². The van der Waals surface area contributed by atoms with Gasteiger partial charge in [-0.2, -0.15) is 0 Å². The third-order valence-corrected chi connectivity index (χ3v) is 1.36. The number of nitro groups is 2. The van der Waals surface area contributed by atoms with E-state index in [2.05, 4.69) is 19.9 Å². The Bertz CT molecular complexity index is 494. The summed E-state index contributed by atoms with van der Waals surface area (Å²) in [7, 11) is 20.1. The second kappa shape index (κ2) is 9.93. The zero-order valence-electron chi connectivity index (χ0n) is 9.74. The molecule has 0 atom stereocenters. The van der Waals surface area contributed by atoms with Gasteiger partial charge in [0.05, 0.1) is 0 Å². The number of rotatable bonds is 2. The monoisotopic (exact) mass is 414 g/mol. The summed E-state index contributed by atoms with van der Waals surface area (Å²) in [4.78, 5) is 30.1. The molecule has 2 aromatic heterocycles. The zero-order valence-corrected chi connectivity index (χ0v) is 14.3. The van der Waals surface area contributed by atoms with Crippen LogP contribution in [-0.4, -0.2) is 29.8 Å². The maximum absolute atomic E-state index is 9.80. The summed E-state index contributed by atoms with van der Waals surface area (Å²) < 4.78 is 0. The van der Waals surface area contributed by atoms with Crippen molar-refractivity contribution in [2.75, 3.05) is 0 Å². The number of aromatic amines is 2. The van der Waals surface area contributed by atoms with E-state index in [1.165, 1.54) is 12.7 Å². The standard InChI is InChI=1S/2C3H3N3O2.4ClH.Ti/c2*7-6(8)3-1-4-2-5-3;;;;;/h2*1-2H,(H,4,5);4*1H;/q;;;;;;+4/p-4. The molecular weight excluding hydrogens is 410 g/mol. The van der Waals surface area contributed by atoms with Crippen molar-refractivity contribution in [1.29, 1.82) is 0 Å². The molecule has 2 heterocycles. The minimum atomic E-state index is -3.11. The SMILES string of the molecule is O=[N+]([O-])c1cnc[nH]1.O=[N+]([O-])c1cnc[nH]1.[Cl][Ti]([Cl])([Cl])[Cl]. The van der Waals surface area contributed by atoms with E-state index in [4.69, 9.17) is 37.2 Å². The zero-order chi connectivity index (χ0) is 16.5. The van der Waals surface area contributed by atoms with Gasteiger partial charge in [0, 0.05) is 0 Å². The quantitative estimate of drug-likeness (QED) is 0.437. The molecule has 2 N–H and O–H groups in total. The van der Waals surface area contributed by atoms with Crippen LogP contribution < -0.4 is 0 Å². The molecule has 15 heteroatoms. The molecule has 2 rings (SSSR count). The van der Waals surface area contributed by atoms with Gasteiger partial charge in [0.1, 0.15) is 12.4 Å². The van der Waals surface area contributed by atoms with Crippen molar-refractivity contribution < 1.29 is 22.2 Å². The van der Waals surface area contributed by atoms with Gasteiger partial charge in [-0.15, -0.1) is 0 Å². The van der Waals surface area contributed by atoms with E-state index in [0.717, 1.165) is 12.4 Å². The maximum atomic E-state index is 9.80. The van der Waals surface area contributed by atoms with Crippen molar-refractivity contribution in [3.8, 4) is 0 Å². The van der Waals surface area contributed by atoms with Crippen molar-refractivity contribution in [3.05, 3.63) is 45.3 Å². The molecule has 21 heavy (non-hydrogen) atoms. The summed E-state index contributed by atoms with van der Waals surface area (Å²) in [6.45, 7) is 0. The molecule has 0 saturated carbocycles. The van der Waals surface area contributed by atoms with Crippen molar-refractivity contribution in [2.24, 2.45) is 0 Å². The first kappa shape index (κ1) is 20.1. The third-order valence-electron chi connectivity index (χ3n) is 1.36. The van der Waals surface area contributed by atoms with Gasteiger partial charge >= 0.3 is 61.2 Å². The van der Waals surface area contributed by atoms with Crippen molar-refractivity contribution in [2.45, 2.75) is 0 Å². The first-order valence-corrected chi connectivity index (χ1v) is 13.2. The topological polar surface area (TPSA) is 144 Å². The van der Waals surface area contributed by atoms with Crippen LogP contribution in [0.4, 0.5) is 11.6 Å². The Hall–Kier alpha value is -0.906. The van der Waals surface area contributed by atoms with E-state index in [9.17, 15) is 20.2 Å². The summed E-state index contributed by atoms with van der Waals surface area (Å²) in [5.41, 5.74) is 0. The van der Waals surface area contributed by atoms with Crippen LogP contribution in [0.3, 0.4) is 0 Å². The number of H-pyrrole nitrogens is 2. The van der Waals surface area contributed by atoms with Gasteiger partial charge in [0.25, 0.3) is 0 Å². The second-order valence-corrected chi connectivity index (χ2v) is 18.3. The Balaban J connectivity index is 0.000000296. The molecule has 0 saturated heterocycles. The summed E-state index contributed by atoms with van der Waals surface area (Å²) in [5, 5.41) is 19.6. The number of hydrogen-bond donors (Lipinski definition) is 2. The molecule has 0 spiro atoms. The molecule has 0 aliphatic rings. The van der Waals surface area contributed by atoms with Crippen molar-refractivity contribution in [3.63, 3.8) is 0 Å². The molecule has 0 unspecified atom stereocenters. The second-order valence-electron chi connectivity index (χ2n) is 2.82. The van der Waals surface area contributed by atoms with Crippen LogP contribution in [0.2, 0.25) is 0 Å². The van der Waals surface area contributed by atoms with E-state index < -0.39 is 22.2 Å². The molecule has 0 fully saturated rings. The van der Waals surface area contributed by atoms with E-state index in [0.29, 0.717) is 0 Å². The molecule has 0 aliphatic carbocycles. The summed E-state index contributed by atoms with van der Waals surface area (Å²) >= 11 is -3.11. The Morgan fingerprint density at radius 3 is 1.29 bits per heavy atom. The average molecular weight is 416 g/mol. The minimum absolute atomic E-state index is 0.0787. The molecule has 0 radical (unpaired) electrons. The predicted octanol–water partition coefficient (Wildman–Crippen LogP) is 3.39. The Morgan fingerprint density at radius 2 is 1.19 bits per heavy atom. The predicted molar refractivity (Wildman–Crippen MR) is 73.9 cm³/mol. The first-order chi connectivity index (χ1) is 9.61. The van der Waals surface area contributed by atoms with Crippen LogP contribution in [-0.2, 0) is 12.3 Å². The van der Waals surface area contributed by atoms with E-state index in [1.54, 1.807) is 0 Å². The molecule has 0 bridgehead atoms. The molecule has 10 nitrogen and oxygen atoms in total. The number of aromatic nitrogens is 4. The fourth-order valence-corrected chi connectivity index (χ4v) is 0.697. The average Bonchev–Trinajstić information content (AvgIpc) is 3.02. The van der Waals surface area contributed by atoms with Gasteiger partial charge in [-0.25, -0.2) is 19.9 Å². The molecule has 0 amide bonds. The summed E-state index contributed by atoms with van der Waals surface area (Å²) in [5.74, 6) is -0.157. The van der Waals surface area contributed by atoms with Gasteiger partial charge < -0.3 is 20.2 Å². The van der Waals surface area contributed by atoms with Crippen LogP contribution in [0.25, 0.3) is 0 Å². The van der Waals surface area contributed by atoms with E-state index in [-0.39, 0.29) is 11.6 Å². The van der Waals surface area contributed by atoms with Crippen LogP contribution >= 0.6 is 37.2 Å². The Kier molecular flexibility index (Phi) is 9.50. The molecular formula is C6H6Cl4N6O4Ti. The molecule has 0 aromatic carbocycles. The fourth-order valence-electron chi connectivity index (χ4n) is 0.697. The molecule has 2 aromatic rings. The normalized spacial score (nSPS) is 9.71. The Morgan fingerprint density at radius 1 is 0.905 bits per heavy atom. The van der Waals surface area contributed by atoms with Crippen LogP contribution in [0.5, 0.6) is 0 Å². The van der Waals surface area contributed by atoms with E-state index in [1.807, 2.05) is 0 Å². The number of hydrogen-bond acceptors (Lipinski definition) is 6. The van der Waals surface area contributed by atoms with Gasteiger partial charge in [-0.05, 0) is 9.85 Å². The fraction of sp³-hybridized carbons (Fsp3) is 0. The Labute approximate surface area is 135 Å².